The van der Waals surface area contributed by atoms with Gasteiger partial charge in [0.25, 0.3) is 0 Å². The number of carbonyl (C=O) groups excluding carboxylic acids is 1. The number of rotatable bonds is 3. The predicted octanol–water partition coefficient (Wildman–Crippen LogP) is 3.14. The molecule has 0 aromatic heterocycles. The van der Waals surface area contributed by atoms with Crippen molar-refractivity contribution in [3.05, 3.63) is 35.9 Å². The molecule has 1 saturated carbocycles. The van der Waals surface area contributed by atoms with Gasteiger partial charge in [0.1, 0.15) is 5.78 Å². The van der Waals surface area contributed by atoms with Crippen LogP contribution in [-0.4, -0.2) is 30.8 Å². The van der Waals surface area contributed by atoms with Crippen molar-refractivity contribution in [1.82, 2.24) is 0 Å². The smallest absolute Gasteiger partial charge is 0.139 e. The molecule has 1 heterocycles. The highest BCUT2D eigenvalue weighted by molar-refractivity contribution is 6.05. The van der Waals surface area contributed by atoms with Crippen molar-refractivity contribution in [2.24, 2.45) is 4.99 Å². The molecule has 1 aromatic rings. The topological polar surface area (TPSA) is 38.7 Å². The molecule has 2 fully saturated rings. The molecule has 3 nitrogen and oxygen atoms in total. The molecule has 1 aromatic carbocycles. The first kappa shape index (κ1) is 13.5. The fourth-order valence-corrected chi connectivity index (χ4v) is 3.10. The van der Waals surface area contributed by atoms with E-state index in [2.05, 4.69) is 17.1 Å². The zero-order valence-electron chi connectivity index (χ0n) is 11.8. The van der Waals surface area contributed by atoms with Crippen LogP contribution in [0.15, 0.2) is 35.3 Å². The minimum absolute atomic E-state index is 0.273. The van der Waals surface area contributed by atoms with Crippen LogP contribution in [0, 0.1) is 0 Å². The van der Waals surface area contributed by atoms with Gasteiger partial charge in [-0.3, -0.25) is 9.79 Å². The van der Waals surface area contributed by atoms with Crippen LogP contribution < -0.4 is 0 Å². The third kappa shape index (κ3) is 3.34. The highest BCUT2D eigenvalue weighted by Gasteiger charge is 2.25. The maximum Gasteiger partial charge on any atom is 0.139 e. The number of ether oxygens (including phenoxy) is 1. The third-order valence-electron chi connectivity index (χ3n) is 4.17. The van der Waals surface area contributed by atoms with Crippen molar-refractivity contribution < 1.29 is 9.53 Å². The number of nitrogens with zero attached hydrogens (tertiary/aromatic N) is 1. The number of Topliss-reactive ketones (excluding diaryl/α,β-unsaturated/α-hetero) is 1. The van der Waals surface area contributed by atoms with Crippen LogP contribution in [0.5, 0.6) is 0 Å². The zero-order chi connectivity index (χ0) is 13.8. The number of benzene rings is 1. The molecule has 0 radical (unpaired) electrons. The van der Waals surface area contributed by atoms with E-state index < -0.39 is 0 Å². The standard InChI is InChI=1S/C17H21NO2/c19-16-10-14(13-5-2-1-3-6-13)9-15(11-16)18-12-17-7-4-8-20-17/h1-3,5-6,14,17H,4,7-12H2/t14-,17+/m0/s1. The highest BCUT2D eigenvalue weighted by Crippen LogP contribution is 2.29. The summed E-state index contributed by atoms with van der Waals surface area (Å²) in [6.07, 6.45) is 4.63. The van der Waals surface area contributed by atoms with Crippen molar-refractivity contribution in [2.45, 2.75) is 44.1 Å². The summed E-state index contributed by atoms with van der Waals surface area (Å²) in [5.74, 6) is 0.622. The molecule has 20 heavy (non-hydrogen) atoms. The van der Waals surface area contributed by atoms with Gasteiger partial charge in [-0.15, -0.1) is 0 Å². The lowest BCUT2D eigenvalue weighted by Crippen LogP contribution is -2.23. The summed E-state index contributed by atoms with van der Waals surface area (Å²) in [5.41, 5.74) is 2.32. The Balaban J connectivity index is 1.66. The molecule has 1 saturated heterocycles. The summed E-state index contributed by atoms with van der Waals surface area (Å²) in [7, 11) is 0. The van der Waals surface area contributed by atoms with Crippen molar-refractivity contribution in [3.8, 4) is 0 Å². The second kappa shape index (κ2) is 6.31. The summed E-state index contributed by atoms with van der Waals surface area (Å²) in [6, 6.07) is 10.3. The Morgan fingerprint density at radius 1 is 1.20 bits per heavy atom. The number of hydrogen-bond acceptors (Lipinski definition) is 3. The molecular weight excluding hydrogens is 250 g/mol. The summed E-state index contributed by atoms with van der Waals surface area (Å²) in [6.45, 7) is 1.59. The van der Waals surface area contributed by atoms with Crippen LogP contribution in [0.1, 0.15) is 43.6 Å². The van der Waals surface area contributed by atoms with Crippen LogP contribution in [0.25, 0.3) is 0 Å². The molecule has 0 N–H and O–H groups in total. The van der Waals surface area contributed by atoms with Crippen LogP contribution in [0.4, 0.5) is 0 Å². The van der Waals surface area contributed by atoms with E-state index in [9.17, 15) is 4.79 Å². The normalized spacial score (nSPS) is 29.0. The SMILES string of the molecule is O=C1CC(=NC[C@H]2CCCO2)C[C@H](c2ccccc2)C1. The second-order valence-corrected chi connectivity index (χ2v) is 5.77. The van der Waals surface area contributed by atoms with E-state index >= 15 is 0 Å². The Morgan fingerprint density at radius 2 is 2.05 bits per heavy atom. The monoisotopic (exact) mass is 271 g/mol. The Kier molecular flexibility index (Phi) is 4.26. The zero-order valence-corrected chi connectivity index (χ0v) is 11.8. The first-order valence-corrected chi connectivity index (χ1v) is 7.51. The van der Waals surface area contributed by atoms with Crippen LogP contribution in [0.2, 0.25) is 0 Å². The van der Waals surface area contributed by atoms with E-state index in [0.717, 1.165) is 38.1 Å². The van der Waals surface area contributed by atoms with E-state index in [1.807, 2.05) is 18.2 Å². The molecule has 1 aliphatic heterocycles. The van der Waals surface area contributed by atoms with Crippen LogP contribution in [0.3, 0.4) is 0 Å². The molecule has 0 bridgehead atoms. The Morgan fingerprint density at radius 3 is 2.80 bits per heavy atom. The van der Waals surface area contributed by atoms with E-state index in [4.69, 9.17) is 4.74 Å². The Bertz CT molecular complexity index is 489. The van der Waals surface area contributed by atoms with Gasteiger partial charge in [-0.05, 0) is 30.7 Å². The maximum absolute atomic E-state index is 11.9. The number of carbonyl (C=O) groups is 1. The average molecular weight is 271 g/mol. The van der Waals surface area contributed by atoms with E-state index in [1.54, 1.807) is 0 Å². The number of aliphatic imine (C=N–C) groups is 1. The molecule has 0 spiro atoms. The molecule has 0 amide bonds. The van der Waals surface area contributed by atoms with Gasteiger partial charge in [0.2, 0.25) is 0 Å². The maximum atomic E-state index is 11.9. The van der Waals surface area contributed by atoms with Crippen molar-refractivity contribution in [2.75, 3.05) is 13.2 Å². The summed E-state index contributed by atoms with van der Waals surface area (Å²) >= 11 is 0. The molecule has 3 heteroatoms. The Labute approximate surface area is 120 Å². The molecule has 3 rings (SSSR count). The first-order valence-electron chi connectivity index (χ1n) is 7.51. The van der Waals surface area contributed by atoms with Gasteiger partial charge in [0.05, 0.1) is 12.6 Å². The summed E-state index contributed by atoms with van der Waals surface area (Å²) in [5, 5.41) is 0. The fraction of sp³-hybridized carbons (Fsp3) is 0.529. The van der Waals surface area contributed by atoms with Gasteiger partial charge in [0, 0.05) is 25.2 Å². The summed E-state index contributed by atoms with van der Waals surface area (Å²) in [4.78, 5) is 16.6. The van der Waals surface area contributed by atoms with Crippen LogP contribution in [-0.2, 0) is 9.53 Å². The van der Waals surface area contributed by atoms with Crippen molar-refractivity contribution in [3.63, 3.8) is 0 Å². The van der Waals surface area contributed by atoms with E-state index in [0.29, 0.717) is 24.5 Å². The minimum Gasteiger partial charge on any atom is -0.376 e. The fourth-order valence-electron chi connectivity index (χ4n) is 3.10. The van der Waals surface area contributed by atoms with Crippen molar-refractivity contribution >= 4 is 11.5 Å². The van der Waals surface area contributed by atoms with E-state index in [-0.39, 0.29) is 6.10 Å². The number of hydrogen-bond donors (Lipinski definition) is 0. The van der Waals surface area contributed by atoms with Gasteiger partial charge >= 0.3 is 0 Å². The molecule has 2 aliphatic rings. The third-order valence-corrected chi connectivity index (χ3v) is 4.17. The Hall–Kier alpha value is -1.48. The summed E-state index contributed by atoms with van der Waals surface area (Å²) < 4.78 is 5.59. The largest absolute Gasteiger partial charge is 0.376 e. The predicted molar refractivity (Wildman–Crippen MR) is 79.3 cm³/mol. The lowest BCUT2D eigenvalue weighted by Gasteiger charge is -2.23. The lowest BCUT2D eigenvalue weighted by atomic mass is 9.82. The van der Waals surface area contributed by atoms with Crippen LogP contribution >= 0.6 is 0 Å². The van der Waals surface area contributed by atoms with Gasteiger partial charge in [-0.2, -0.15) is 0 Å². The number of ketones is 1. The molecule has 106 valence electrons. The lowest BCUT2D eigenvalue weighted by molar-refractivity contribution is -0.118. The van der Waals surface area contributed by atoms with Gasteiger partial charge < -0.3 is 4.74 Å². The van der Waals surface area contributed by atoms with Gasteiger partial charge in [-0.25, -0.2) is 0 Å². The second-order valence-electron chi connectivity index (χ2n) is 5.77. The molecule has 0 unspecified atom stereocenters. The van der Waals surface area contributed by atoms with Gasteiger partial charge in [0.15, 0.2) is 0 Å². The molecule has 1 aliphatic carbocycles. The minimum atomic E-state index is 0.273. The van der Waals surface area contributed by atoms with Crippen molar-refractivity contribution in [1.29, 1.82) is 0 Å². The van der Waals surface area contributed by atoms with E-state index in [1.165, 1.54) is 5.56 Å². The first-order chi connectivity index (χ1) is 9.81. The highest BCUT2D eigenvalue weighted by atomic mass is 16.5. The quantitative estimate of drug-likeness (QED) is 0.847. The molecule has 2 atom stereocenters. The molecular formula is C17H21NO2. The average Bonchev–Trinajstić information content (AvgIpc) is 2.99. The van der Waals surface area contributed by atoms with Gasteiger partial charge in [-0.1, -0.05) is 30.3 Å².